The number of benzene rings is 12. The zero-order chi connectivity index (χ0) is 105. The van der Waals surface area contributed by atoms with Crippen LogP contribution < -0.4 is 65.1 Å². The highest BCUT2D eigenvalue weighted by atomic mass is 16.6. The Morgan fingerprint density at radius 3 is 0.750 bits per heavy atom. The van der Waals surface area contributed by atoms with Gasteiger partial charge in [-0.2, -0.15) is 0 Å². The summed E-state index contributed by atoms with van der Waals surface area (Å²) in [6, 6.07) is 70.6. The van der Waals surface area contributed by atoms with E-state index in [0.29, 0.717) is 113 Å². The zero-order valence-corrected chi connectivity index (χ0v) is 87.6. The van der Waals surface area contributed by atoms with Crippen molar-refractivity contribution in [2.24, 2.45) is 0 Å². The molecule has 0 atom stereocenters. The number of anilines is 6. The second kappa shape index (κ2) is 59.5. The van der Waals surface area contributed by atoms with Crippen molar-refractivity contribution in [2.75, 3.05) is 78.1 Å². The summed E-state index contributed by atoms with van der Waals surface area (Å²) in [4.78, 5) is 70.4. The molecule has 7 N–H and O–H groups in total. The molecule has 0 aliphatic heterocycles. The highest BCUT2D eigenvalue weighted by molar-refractivity contribution is 5.90. The fourth-order valence-corrected chi connectivity index (χ4v) is 15.5. The molecule has 0 radical (unpaired) electrons. The van der Waals surface area contributed by atoms with Crippen molar-refractivity contribution in [3.8, 4) is 40.2 Å². The van der Waals surface area contributed by atoms with E-state index in [1.54, 1.807) is 65.8 Å². The van der Waals surface area contributed by atoms with Crippen LogP contribution in [0, 0.1) is 96.9 Å². The van der Waals surface area contributed by atoms with Crippen molar-refractivity contribution >= 4 is 70.7 Å². The number of hydrogen-bond acceptors (Lipinski definition) is 20. The maximum Gasteiger partial charge on any atom is 0.411 e. The largest absolute Gasteiger partial charge is 0.493 e. The molecule has 0 aromatic heterocycles. The summed E-state index contributed by atoms with van der Waals surface area (Å²) in [5.74, 6) is 6.26. The number of hydrogen-bond donors (Lipinski definition) is 7. The molecule has 1 aliphatic rings. The molecule has 0 heterocycles. The van der Waals surface area contributed by atoms with Gasteiger partial charge in [-0.1, -0.05) is 180 Å². The molecule has 6 amide bonds. The number of aliphatic hydroxyl groups is 1. The van der Waals surface area contributed by atoms with Gasteiger partial charge in [0, 0.05) is 27.8 Å². The molecule has 1 saturated carbocycles. The van der Waals surface area contributed by atoms with Crippen LogP contribution in [0.2, 0.25) is 0 Å². The summed E-state index contributed by atoms with van der Waals surface area (Å²) in [5, 5.41) is 26.2. The fourth-order valence-electron chi connectivity index (χ4n) is 15.5. The van der Waals surface area contributed by atoms with E-state index in [4.69, 9.17) is 61.6 Å². The van der Waals surface area contributed by atoms with Gasteiger partial charge in [-0.15, -0.1) is 0 Å². The van der Waals surface area contributed by atoms with Gasteiger partial charge in [0.1, 0.15) is 79.9 Å². The summed E-state index contributed by atoms with van der Waals surface area (Å²) in [6.45, 7) is 47.6. The first-order chi connectivity index (χ1) is 69.2. The van der Waals surface area contributed by atoms with Gasteiger partial charge in [-0.3, -0.25) is 31.9 Å². The molecule has 26 nitrogen and oxygen atoms in total. The maximum atomic E-state index is 11.9. The van der Waals surface area contributed by atoms with Crippen molar-refractivity contribution in [1.82, 2.24) is 0 Å². The van der Waals surface area contributed by atoms with E-state index in [1.807, 2.05) is 228 Å². The third kappa shape index (κ3) is 37.0. The second-order valence-corrected chi connectivity index (χ2v) is 34.4. The van der Waals surface area contributed by atoms with E-state index in [0.717, 1.165) is 136 Å². The lowest BCUT2D eigenvalue weighted by Crippen LogP contribution is -2.16. The van der Waals surface area contributed by atoms with Crippen LogP contribution in [0.4, 0.5) is 62.9 Å². The Bertz CT molecular complexity index is 5990. The Morgan fingerprint density at radius 1 is 0.243 bits per heavy atom. The highest BCUT2D eigenvalue weighted by Gasteiger charge is 2.29. The Kier molecular flexibility index (Phi) is 47.2. The monoisotopic (exact) mass is 1970 g/mol. The first kappa shape index (κ1) is 114. The maximum absolute atomic E-state index is 11.9. The topological polar surface area (TPSA) is 315 Å². The molecule has 12 aromatic carbocycles. The minimum absolute atomic E-state index is 0.135. The fraction of sp³-hybridized carbons (Fsp3) is 0.339. The summed E-state index contributed by atoms with van der Waals surface area (Å²) >= 11 is 0. The van der Waals surface area contributed by atoms with Crippen LogP contribution in [-0.2, 0) is 81.1 Å². The van der Waals surface area contributed by atoms with Crippen LogP contribution in [0.15, 0.2) is 218 Å². The van der Waals surface area contributed by atoms with Gasteiger partial charge in [0.15, 0.2) is 0 Å². The SMILES string of the molecule is CCOC(=O)Nc1cccc(C)c1COc1ccc(C)cc1C.CCOC(=O)Nc1cccc(C)c1COc1ccc(C)cc1C.CCOC(=O)Nc1cccc(C2CC2)c1COc1ccc(C)cc1C.CCOC(=O)Nc1cccc(CC)c1COc1ccc(C)cc1C.CCOC(=O)Nc1cccc(CO)c1COc1ccc(C)cc1C.CCOC(=O)Nc1cccc(OCC)c1COc1ccc(C)cc1C. The Hall–Kier alpha value is -15.2. The van der Waals surface area contributed by atoms with E-state index in [1.165, 1.54) is 51.8 Å². The Labute approximate surface area is 849 Å². The minimum Gasteiger partial charge on any atom is -0.493 e. The molecule has 766 valence electrons. The molecule has 1 fully saturated rings. The lowest BCUT2D eigenvalue weighted by Gasteiger charge is -2.17. The third-order valence-electron chi connectivity index (χ3n) is 22.9. The summed E-state index contributed by atoms with van der Waals surface area (Å²) in [6.07, 6.45) is 0.450. The van der Waals surface area contributed by atoms with Crippen LogP contribution in [0.25, 0.3) is 0 Å². The molecular formula is C118H144N6O20. The van der Waals surface area contributed by atoms with Gasteiger partial charge < -0.3 is 66.7 Å². The van der Waals surface area contributed by atoms with Gasteiger partial charge in [-0.25, -0.2) is 28.8 Å². The molecule has 144 heavy (non-hydrogen) atoms. The minimum atomic E-state index is -0.527. The van der Waals surface area contributed by atoms with Crippen LogP contribution in [0.5, 0.6) is 40.2 Å². The van der Waals surface area contributed by atoms with E-state index in [-0.39, 0.29) is 19.8 Å². The number of carbonyl (C=O) groups is 6. The number of nitrogens with one attached hydrogen (secondary N) is 6. The third-order valence-corrected chi connectivity index (χ3v) is 22.9. The summed E-state index contributed by atoms with van der Waals surface area (Å²) in [7, 11) is 0. The average molecular weight is 1970 g/mol. The lowest BCUT2D eigenvalue weighted by atomic mass is 10.0. The number of rotatable bonds is 35. The van der Waals surface area contributed by atoms with Gasteiger partial charge >= 0.3 is 36.6 Å². The second-order valence-electron chi connectivity index (χ2n) is 34.4. The molecule has 12 aromatic rings. The van der Waals surface area contributed by atoms with Gasteiger partial charge in [-0.05, 0) is 311 Å². The molecule has 0 bridgehead atoms. The van der Waals surface area contributed by atoms with Gasteiger partial charge in [0.2, 0.25) is 0 Å². The van der Waals surface area contributed by atoms with Gasteiger partial charge in [0.25, 0.3) is 0 Å². The van der Waals surface area contributed by atoms with E-state index < -0.39 is 36.6 Å². The molecule has 13 rings (SSSR count). The van der Waals surface area contributed by atoms with Crippen molar-refractivity contribution in [3.05, 3.63) is 346 Å². The summed E-state index contributed by atoms with van der Waals surface area (Å²) in [5.41, 5.74) is 28.5. The normalized spacial score (nSPS) is 10.8. The van der Waals surface area contributed by atoms with Crippen LogP contribution in [0.3, 0.4) is 0 Å². The van der Waals surface area contributed by atoms with E-state index >= 15 is 0 Å². The predicted molar refractivity (Wildman–Crippen MR) is 572 cm³/mol. The zero-order valence-electron chi connectivity index (χ0n) is 87.6. The quantitative estimate of drug-likeness (QED) is 0.0182. The van der Waals surface area contributed by atoms with Gasteiger partial charge in [0.05, 0.1) is 92.5 Å². The van der Waals surface area contributed by atoms with E-state index in [2.05, 4.69) is 109 Å². The first-order valence-electron chi connectivity index (χ1n) is 48.9. The van der Waals surface area contributed by atoms with Crippen LogP contribution in [-0.4, -0.2) is 87.9 Å². The van der Waals surface area contributed by atoms with Crippen LogP contribution >= 0.6 is 0 Å². The molecule has 0 unspecified atom stereocenters. The number of carbonyl (C=O) groups excluding carboxylic acids is 6. The van der Waals surface area contributed by atoms with Crippen LogP contribution in [0.1, 0.15) is 202 Å². The smallest absolute Gasteiger partial charge is 0.411 e. The number of ether oxygens (including phenoxy) is 13. The molecule has 26 heteroatoms. The van der Waals surface area contributed by atoms with Crippen molar-refractivity contribution in [1.29, 1.82) is 0 Å². The average Bonchev–Trinajstić information content (AvgIpc) is 1.63. The number of aryl methyl sites for hydroxylation is 15. The van der Waals surface area contributed by atoms with Crippen molar-refractivity contribution < 1.29 is 95.5 Å². The number of aliphatic hydroxyl groups excluding tert-OH is 1. The molecule has 1 aliphatic carbocycles. The predicted octanol–water partition coefficient (Wildman–Crippen LogP) is 28.7. The van der Waals surface area contributed by atoms with Crippen molar-refractivity contribution in [3.63, 3.8) is 0 Å². The molecule has 0 spiro atoms. The number of amides is 6. The summed E-state index contributed by atoms with van der Waals surface area (Å²) < 4.78 is 71.3. The Balaban J connectivity index is 0.000000211. The Morgan fingerprint density at radius 2 is 0.479 bits per heavy atom. The van der Waals surface area contributed by atoms with E-state index in [9.17, 15) is 33.9 Å². The molecular weight excluding hydrogens is 1820 g/mol. The van der Waals surface area contributed by atoms with Crippen molar-refractivity contribution in [2.45, 2.75) is 224 Å². The first-order valence-corrected chi connectivity index (χ1v) is 48.9. The highest BCUT2D eigenvalue weighted by Crippen LogP contribution is 2.44. The molecule has 0 saturated heterocycles. The lowest BCUT2D eigenvalue weighted by molar-refractivity contribution is 0.167. The standard InChI is InChI=1S/C21H25NO3.C20H25NO4.C20H25NO3.C19H23NO4.2C19H23NO3/c1-4-24-21(23)22-19-7-5-6-17(16-9-10-16)18(19)13-25-20-11-8-14(2)12-15(20)3;1-5-23-19-9-7-8-17(21-20(22)24-6-2)16(19)13-25-18-11-10-14(3)12-15(18)4;1-5-16-8-7-9-18(21-20(22)23-6-2)17(16)13-24-19-11-10-14(3)12-15(19)4;1-4-23-19(22)20-17-7-5-6-15(11-21)16(17)12-24-18-9-8-13(2)10-14(18)3;2*1-5-22-19(21)20-17-8-6-7-14(3)16(17)12-23-18-10-9-13(2)11-15(18)4/h5-8,11-12,16H,4,9-10,13H2,1-3H3,(H,22,23);7-12H,5-6,13H2,1-4H3,(H,21,22);7-12H,5-6,13H2,1-4H3,(H,21,22);5-10,21H,4,11-12H2,1-3H3,(H,20,22);2*6-11H,5,12H2,1-4H3,(H,20,21).